The number of nitriles is 1. The first-order chi connectivity index (χ1) is 12.1. The molecule has 0 saturated carbocycles. The number of fused-ring (bicyclic) bond motifs is 2. The minimum absolute atomic E-state index is 0.0507. The van der Waals surface area contributed by atoms with Crippen LogP contribution in [0.1, 0.15) is 23.2 Å². The van der Waals surface area contributed by atoms with Crippen molar-refractivity contribution in [3.8, 4) is 6.07 Å². The number of rotatable bonds is 5. The maximum absolute atomic E-state index is 12.9. The normalized spacial score (nSPS) is 11.8. The van der Waals surface area contributed by atoms with E-state index in [2.05, 4.69) is 10.3 Å². The van der Waals surface area contributed by atoms with Gasteiger partial charge in [0.25, 0.3) is 5.91 Å². The standard InChI is InChI=1S/C19H15N3O3/c20-11-5-10-16(19(24)25)22-18(23)17-12-6-1-3-8-14(12)21-15-9-4-2-7-13(15)17/h1-4,6-9,16H,5,10H2,(H,22,23)(H,24,25)/t16-/m0/s1. The number of amides is 1. The van der Waals surface area contributed by atoms with Crippen molar-refractivity contribution >= 4 is 33.7 Å². The van der Waals surface area contributed by atoms with Crippen LogP contribution in [0.15, 0.2) is 48.5 Å². The molecular formula is C19H15N3O3. The third kappa shape index (κ3) is 3.26. The number of carbonyl (C=O) groups excluding carboxylic acids is 1. The Hall–Kier alpha value is -3.46. The molecule has 25 heavy (non-hydrogen) atoms. The van der Waals surface area contributed by atoms with Gasteiger partial charge in [-0.1, -0.05) is 36.4 Å². The molecule has 6 heteroatoms. The average molecular weight is 333 g/mol. The molecule has 0 spiro atoms. The number of nitrogens with zero attached hydrogens (tertiary/aromatic N) is 2. The van der Waals surface area contributed by atoms with Crippen LogP contribution in [-0.2, 0) is 4.79 Å². The largest absolute Gasteiger partial charge is 0.480 e. The molecule has 3 rings (SSSR count). The van der Waals surface area contributed by atoms with Crippen LogP contribution in [-0.4, -0.2) is 28.0 Å². The van der Waals surface area contributed by atoms with Crippen molar-refractivity contribution in [2.45, 2.75) is 18.9 Å². The van der Waals surface area contributed by atoms with E-state index in [1.54, 1.807) is 24.3 Å². The third-order valence-electron chi connectivity index (χ3n) is 3.96. The molecule has 0 unspecified atom stereocenters. The van der Waals surface area contributed by atoms with E-state index in [4.69, 9.17) is 5.26 Å². The highest BCUT2D eigenvalue weighted by molar-refractivity contribution is 6.16. The molecule has 6 nitrogen and oxygen atoms in total. The van der Waals surface area contributed by atoms with Gasteiger partial charge in [0.05, 0.1) is 22.7 Å². The molecule has 0 saturated heterocycles. The Balaban J connectivity index is 2.10. The lowest BCUT2D eigenvalue weighted by Crippen LogP contribution is -2.40. The van der Waals surface area contributed by atoms with Crippen LogP contribution in [0.2, 0.25) is 0 Å². The number of para-hydroxylation sites is 2. The van der Waals surface area contributed by atoms with Gasteiger partial charge in [-0.05, 0) is 18.6 Å². The molecule has 0 radical (unpaired) electrons. The molecule has 2 aromatic carbocycles. The van der Waals surface area contributed by atoms with Crippen molar-refractivity contribution in [3.05, 3.63) is 54.1 Å². The summed E-state index contributed by atoms with van der Waals surface area (Å²) in [4.78, 5) is 28.8. The number of hydrogen-bond donors (Lipinski definition) is 2. The first-order valence-corrected chi connectivity index (χ1v) is 7.80. The number of carbonyl (C=O) groups is 2. The highest BCUT2D eigenvalue weighted by Gasteiger charge is 2.23. The summed E-state index contributed by atoms with van der Waals surface area (Å²) in [5, 5.41) is 21.8. The summed E-state index contributed by atoms with van der Waals surface area (Å²) in [6, 6.07) is 15.3. The minimum Gasteiger partial charge on any atom is -0.480 e. The first-order valence-electron chi connectivity index (χ1n) is 7.80. The lowest BCUT2D eigenvalue weighted by Gasteiger charge is -2.15. The van der Waals surface area contributed by atoms with Crippen LogP contribution >= 0.6 is 0 Å². The molecule has 1 heterocycles. The predicted molar refractivity (Wildman–Crippen MR) is 93.0 cm³/mol. The zero-order chi connectivity index (χ0) is 17.8. The number of nitrogens with one attached hydrogen (secondary N) is 1. The van der Waals surface area contributed by atoms with E-state index in [9.17, 15) is 14.7 Å². The number of aliphatic carboxylic acids is 1. The van der Waals surface area contributed by atoms with Crippen molar-refractivity contribution in [2.75, 3.05) is 0 Å². The van der Waals surface area contributed by atoms with Crippen LogP contribution in [0.4, 0.5) is 0 Å². The van der Waals surface area contributed by atoms with Crippen molar-refractivity contribution in [3.63, 3.8) is 0 Å². The molecular weight excluding hydrogens is 318 g/mol. The topological polar surface area (TPSA) is 103 Å². The summed E-state index contributed by atoms with van der Waals surface area (Å²) in [5.41, 5.74) is 1.72. The molecule has 0 bridgehead atoms. The molecule has 3 aromatic rings. The summed E-state index contributed by atoms with van der Waals surface area (Å²) < 4.78 is 0. The van der Waals surface area contributed by atoms with Crippen molar-refractivity contribution < 1.29 is 14.7 Å². The quantitative estimate of drug-likeness (QED) is 0.699. The highest BCUT2D eigenvalue weighted by Crippen LogP contribution is 2.26. The second kappa shape index (κ2) is 6.97. The van der Waals surface area contributed by atoms with Gasteiger partial charge in [0.1, 0.15) is 6.04 Å². The Morgan fingerprint density at radius 3 is 2.16 bits per heavy atom. The SMILES string of the molecule is N#CCC[C@H](NC(=O)c1c2ccccc2nc2ccccc12)C(=O)O. The molecule has 2 N–H and O–H groups in total. The van der Waals surface area contributed by atoms with E-state index in [1.165, 1.54) is 0 Å². The van der Waals surface area contributed by atoms with Crippen LogP contribution < -0.4 is 5.32 Å². The molecule has 0 aliphatic carbocycles. The molecule has 1 amide bonds. The lowest BCUT2D eigenvalue weighted by atomic mass is 10.0. The highest BCUT2D eigenvalue weighted by atomic mass is 16.4. The van der Waals surface area contributed by atoms with Crippen molar-refractivity contribution in [1.82, 2.24) is 10.3 Å². The third-order valence-corrected chi connectivity index (χ3v) is 3.96. The van der Waals surface area contributed by atoms with Crippen LogP contribution in [0, 0.1) is 11.3 Å². The Labute approximate surface area is 143 Å². The van der Waals surface area contributed by atoms with Gasteiger partial charge in [-0.2, -0.15) is 5.26 Å². The van der Waals surface area contributed by atoms with Gasteiger partial charge in [-0.3, -0.25) is 4.79 Å². The Kier molecular flexibility index (Phi) is 4.57. The second-order valence-corrected chi connectivity index (χ2v) is 5.58. The van der Waals surface area contributed by atoms with Crippen molar-refractivity contribution in [1.29, 1.82) is 5.26 Å². The summed E-state index contributed by atoms with van der Waals surface area (Å²) in [6.45, 7) is 0. The first kappa shape index (κ1) is 16.4. The zero-order valence-corrected chi connectivity index (χ0v) is 13.3. The number of pyridine rings is 1. The summed E-state index contributed by atoms with van der Waals surface area (Å²) >= 11 is 0. The van der Waals surface area contributed by atoms with Gasteiger partial charge in [0.2, 0.25) is 0 Å². The minimum atomic E-state index is -1.16. The Morgan fingerprint density at radius 2 is 1.64 bits per heavy atom. The summed E-state index contributed by atoms with van der Waals surface area (Å²) in [6.07, 6.45) is 0.105. The van der Waals surface area contributed by atoms with Crippen molar-refractivity contribution in [2.24, 2.45) is 0 Å². The maximum Gasteiger partial charge on any atom is 0.326 e. The van der Waals surface area contributed by atoms with Gasteiger partial charge >= 0.3 is 5.97 Å². The maximum atomic E-state index is 12.9. The predicted octanol–water partition coefficient (Wildman–Crippen LogP) is 2.87. The van der Waals surface area contributed by atoms with Gasteiger partial charge < -0.3 is 10.4 Å². The van der Waals surface area contributed by atoms with E-state index >= 15 is 0 Å². The summed E-state index contributed by atoms with van der Waals surface area (Å²) in [7, 11) is 0. The van der Waals surface area contributed by atoms with Gasteiger partial charge in [0.15, 0.2) is 0 Å². The van der Waals surface area contributed by atoms with Crippen LogP contribution in [0.25, 0.3) is 21.8 Å². The van der Waals surface area contributed by atoms with Gasteiger partial charge in [-0.15, -0.1) is 0 Å². The van der Waals surface area contributed by atoms with Crippen LogP contribution in [0.3, 0.4) is 0 Å². The average Bonchev–Trinajstić information content (AvgIpc) is 2.62. The monoisotopic (exact) mass is 333 g/mol. The number of aromatic nitrogens is 1. The van der Waals surface area contributed by atoms with E-state index in [1.807, 2.05) is 30.3 Å². The fourth-order valence-electron chi connectivity index (χ4n) is 2.78. The van der Waals surface area contributed by atoms with Gasteiger partial charge in [-0.25, -0.2) is 9.78 Å². The van der Waals surface area contributed by atoms with E-state index in [0.717, 1.165) is 0 Å². The molecule has 0 aliphatic heterocycles. The molecule has 1 atom stereocenters. The fourth-order valence-corrected chi connectivity index (χ4v) is 2.78. The number of hydrogen-bond acceptors (Lipinski definition) is 4. The van der Waals surface area contributed by atoms with E-state index in [-0.39, 0.29) is 12.8 Å². The number of carboxylic acids is 1. The lowest BCUT2D eigenvalue weighted by molar-refractivity contribution is -0.139. The smallest absolute Gasteiger partial charge is 0.326 e. The zero-order valence-electron chi connectivity index (χ0n) is 13.3. The van der Waals surface area contributed by atoms with Gasteiger partial charge in [0, 0.05) is 17.2 Å². The van der Waals surface area contributed by atoms with Crippen LogP contribution in [0.5, 0.6) is 0 Å². The Bertz CT molecular complexity index is 954. The molecule has 0 aliphatic rings. The molecule has 1 aromatic heterocycles. The Morgan fingerprint density at radius 1 is 1.08 bits per heavy atom. The molecule has 0 fully saturated rings. The van der Waals surface area contributed by atoms with E-state index < -0.39 is 17.9 Å². The second-order valence-electron chi connectivity index (χ2n) is 5.58. The van der Waals surface area contributed by atoms with E-state index in [0.29, 0.717) is 27.4 Å². The number of carboxylic acid groups (broad SMARTS) is 1. The molecule has 124 valence electrons. The summed E-state index contributed by atoms with van der Waals surface area (Å²) in [5.74, 6) is -1.65. The number of benzene rings is 2. The fraction of sp³-hybridized carbons (Fsp3) is 0.158.